The zero-order valence-corrected chi connectivity index (χ0v) is 12.6. The molecule has 3 nitrogen and oxygen atoms in total. The number of hydrogen-bond donors (Lipinski definition) is 0. The summed E-state index contributed by atoms with van der Waals surface area (Å²) >= 11 is 0. The van der Waals surface area contributed by atoms with Crippen molar-refractivity contribution in [3.8, 4) is 11.4 Å². The Bertz CT molecular complexity index is 774. The molecule has 1 aliphatic rings. The second-order valence-corrected chi connectivity index (χ2v) is 5.85. The highest BCUT2D eigenvalue weighted by Crippen LogP contribution is 2.24. The first kappa shape index (κ1) is 13.3. The van der Waals surface area contributed by atoms with E-state index in [1.165, 1.54) is 38.0 Å². The number of rotatable bonds is 2. The van der Waals surface area contributed by atoms with Crippen molar-refractivity contribution in [2.45, 2.75) is 19.3 Å². The average Bonchev–Trinajstić information content (AvgIpc) is 2.62. The van der Waals surface area contributed by atoms with Gasteiger partial charge in [0.25, 0.3) is 0 Å². The van der Waals surface area contributed by atoms with E-state index in [0.29, 0.717) is 0 Å². The molecule has 110 valence electrons. The standard InChI is InChI=1S/C19H19N3/c1-4-12-22(13-5-1)17-10-8-15(9-11-17)19-20-14-16-6-2-3-7-18(16)21-19/h2-3,6-11,14H,1,4-5,12-13H2. The van der Waals surface area contributed by atoms with Crippen molar-refractivity contribution in [1.29, 1.82) is 0 Å². The van der Waals surface area contributed by atoms with Crippen LogP contribution in [0.1, 0.15) is 19.3 Å². The van der Waals surface area contributed by atoms with Crippen molar-refractivity contribution >= 4 is 16.6 Å². The lowest BCUT2D eigenvalue weighted by molar-refractivity contribution is 0.578. The van der Waals surface area contributed by atoms with Crippen LogP contribution in [0, 0.1) is 0 Å². The van der Waals surface area contributed by atoms with Crippen molar-refractivity contribution in [1.82, 2.24) is 9.97 Å². The smallest absolute Gasteiger partial charge is 0.159 e. The Morgan fingerprint density at radius 2 is 1.59 bits per heavy atom. The van der Waals surface area contributed by atoms with Crippen LogP contribution in [-0.2, 0) is 0 Å². The highest BCUT2D eigenvalue weighted by atomic mass is 15.1. The van der Waals surface area contributed by atoms with Gasteiger partial charge in [-0.2, -0.15) is 0 Å². The van der Waals surface area contributed by atoms with Crippen LogP contribution in [0.25, 0.3) is 22.3 Å². The highest BCUT2D eigenvalue weighted by molar-refractivity contribution is 5.79. The normalized spacial score (nSPS) is 15.2. The van der Waals surface area contributed by atoms with E-state index < -0.39 is 0 Å². The third-order valence-corrected chi connectivity index (χ3v) is 4.34. The summed E-state index contributed by atoms with van der Waals surface area (Å²) in [5.74, 6) is 0.795. The predicted molar refractivity (Wildman–Crippen MR) is 91.0 cm³/mol. The molecule has 0 bridgehead atoms. The van der Waals surface area contributed by atoms with Crippen LogP contribution in [0.4, 0.5) is 5.69 Å². The van der Waals surface area contributed by atoms with Gasteiger partial charge in [-0.25, -0.2) is 9.97 Å². The zero-order valence-electron chi connectivity index (χ0n) is 12.6. The summed E-state index contributed by atoms with van der Waals surface area (Å²) in [6.45, 7) is 2.34. The van der Waals surface area contributed by atoms with E-state index in [0.717, 1.165) is 22.3 Å². The molecule has 3 heteroatoms. The fraction of sp³-hybridized carbons (Fsp3) is 0.263. The van der Waals surface area contributed by atoms with Crippen molar-refractivity contribution < 1.29 is 0 Å². The molecule has 0 saturated carbocycles. The summed E-state index contributed by atoms with van der Waals surface area (Å²) in [5.41, 5.74) is 3.38. The predicted octanol–water partition coefficient (Wildman–Crippen LogP) is 4.29. The van der Waals surface area contributed by atoms with Gasteiger partial charge >= 0.3 is 0 Å². The Kier molecular flexibility index (Phi) is 3.47. The second kappa shape index (κ2) is 5.76. The number of para-hydroxylation sites is 1. The van der Waals surface area contributed by atoms with E-state index in [1.54, 1.807) is 0 Å². The Labute approximate surface area is 130 Å². The number of hydrogen-bond acceptors (Lipinski definition) is 3. The van der Waals surface area contributed by atoms with Crippen molar-refractivity contribution in [2.24, 2.45) is 0 Å². The molecule has 4 rings (SSSR count). The lowest BCUT2D eigenvalue weighted by atomic mass is 10.1. The van der Waals surface area contributed by atoms with Crippen molar-refractivity contribution in [2.75, 3.05) is 18.0 Å². The van der Waals surface area contributed by atoms with Gasteiger partial charge in [0.05, 0.1) is 5.52 Å². The Balaban J connectivity index is 1.63. The molecule has 2 heterocycles. The zero-order chi connectivity index (χ0) is 14.8. The van der Waals surface area contributed by atoms with Gasteiger partial charge in [-0.1, -0.05) is 18.2 Å². The molecule has 2 aromatic carbocycles. The van der Waals surface area contributed by atoms with Gasteiger partial charge in [-0.3, -0.25) is 0 Å². The monoisotopic (exact) mass is 289 g/mol. The highest BCUT2D eigenvalue weighted by Gasteiger charge is 2.11. The molecular weight excluding hydrogens is 270 g/mol. The Morgan fingerprint density at radius 3 is 2.41 bits per heavy atom. The molecule has 0 unspecified atom stereocenters. The van der Waals surface area contributed by atoms with Gasteiger partial charge in [0.1, 0.15) is 0 Å². The molecule has 22 heavy (non-hydrogen) atoms. The number of piperidine rings is 1. The number of nitrogens with zero attached hydrogens (tertiary/aromatic N) is 3. The summed E-state index contributed by atoms with van der Waals surface area (Å²) in [6, 6.07) is 16.7. The molecule has 1 aromatic heterocycles. The third-order valence-electron chi connectivity index (χ3n) is 4.34. The maximum absolute atomic E-state index is 4.66. The van der Waals surface area contributed by atoms with Gasteiger partial charge < -0.3 is 4.90 Å². The summed E-state index contributed by atoms with van der Waals surface area (Å²) in [5, 5.41) is 1.08. The molecule has 0 spiro atoms. The van der Waals surface area contributed by atoms with Crippen LogP contribution >= 0.6 is 0 Å². The van der Waals surface area contributed by atoms with Crippen molar-refractivity contribution in [3.63, 3.8) is 0 Å². The first-order chi connectivity index (χ1) is 10.9. The molecule has 0 N–H and O–H groups in total. The largest absolute Gasteiger partial charge is 0.372 e. The molecule has 0 aliphatic carbocycles. The third kappa shape index (κ3) is 2.54. The quantitative estimate of drug-likeness (QED) is 0.705. The Morgan fingerprint density at radius 1 is 0.818 bits per heavy atom. The summed E-state index contributed by atoms with van der Waals surface area (Å²) in [6.07, 6.45) is 5.86. The number of benzene rings is 2. The van der Waals surface area contributed by atoms with Crippen LogP contribution in [0.3, 0.4) is 0 Å². The number of fused-ring (bicyclic) bond motifs is 1. The van der Waals surface area contributed by atoms with Gasteiger partial charge in [0, 0.05) is 35.9 Å². The lowest BCUT2D eigenvalue weighted by Gasteiger charge is -2.28. The molecule has 0 atom stereocenters. The van der Waals surface area contributed by atoms with E-state index in [-0.39, 0.29) is 0 Å². The molecule has 3 aromatic rings. The van der Waals surface area contributed by atoms with Gasteiger partial charge in [-0.05, 0) is 49.6 Å². The Hall–Kier alpha value is -2.42. The minimum absolute atomic E-state index is 0.795. The van der Waals surface area contributed by atoms with Crippen LogP contribution in [0.2, 0.25) is 0 Å². The van der Waals surface area contributed by atoms with E-state index in [9.17, 15) is 0 Å². The second-order valence-electron chi connectivity index (χ2n) is 5.85. The van der Waals surface area contributed by atoms with E-state index >= 15 is 0 Å². The summed E-state index contributed by atoms with van der Waals surface area (Å²) in [4.78, 5) is 11.6. The topological polar surface area (TPSA) is 29.0 Å². The van der Waals surface area contributed by atoms with Crippen LogP contribution in [0.5, 0.6) is 0 Å². The number of anilines is 1. The average molecular weight is 289 g/mol. The molecule has 1 fully saturated rings. The summed E-state index contributed by atoms with van der Waals surface area (Å²) in [7, 11) is 0. The first-order valence-corrected chi connectivity index (χ1v) is 7.97. The SMILES string of the molecule is c1ccc2nc(-c3ccc(N4CCCCC4)cc3)ncc2c1. The van der Waals surface area contributed by atoms with E-state index in [4.69, 9.17) is 0 Å². The molecule has 0 radical (unpaired) electrons. The fourth-order valence-electron chi connectivity index (χ4n) is 3.08. The maximum atomic E-state index is 4.66. The van der Waals surface area contributed by atoms with Crippen LogP contribution in [-0.4, -0.2) is 23.1 Å². The van der Waals surface area contributed by atoms with Crippen LogP contribution in [0.15, 0.2) is 54.7 Å². The van der Waals surface area contributed by atoms with Gasteiger partial charge in [-0.15, -0.1) is 0 Å². The van der Waals surface area contributed by atoms with Crippen molar-refractivity contribution in [3.05, 3.63) is 54.7 Å². The first-order valence-electron chi connectivity index (χ1n) is 7.97. The maximum Gasteiger partial charge on any atom is 0.159 e. The van der Waals surface area contributed by atoms with E-state index in [2.05, 4.69) is 39.1 Å². The lowest BCUT2D eigenvalue weighted by Crippen LogP contribution is -2.29. The minimum atomic E-state index is 0.795. The van der Waals surface area contributed by atoms with E-state index in [1.807, 2.05) is 30.5 Å². The van der Waals surface area contributed by atoms with Gasteiger partial charge in [0.2, 0.25) is 0 Å². The van der Waals surface area contributed by atoms with Gasteiger partial charge in [0.15, 0.2) is 5.82 Å². The molecular formula is C19H19N3. The number of aromatic nitrogens is 2. The van der Waals surface area contributed by atoms with Crippen LogP contribution < -0.4 is 4.90 Å². The molecule has 1 aliphatic heterocycles. The fourth-order valence-corrected chi connectivity index (χ4v) is 3.08. The minimum Gasteiger partial charge on any atom is -0.372 e. The summed E-state index contributed by atoms with van der Waals surface area (Å²) < 4.78 is 0. The molecule has 1 saturated heterocycles. The molecule has 0 amide bonds.